The minimum atomic E-state index is -5.93. The highest BCUT2D eigenvalue weighted by Crippen LogP contribution is 2.36. The first-order valence-electron chi connectivity index (χ1n) is 4.48. The quantitative estimate of drug-likeness (QED) is 0.815. The summed E-state index contributed by atoms with van der Waals surface area (Å²) in [6.07, 6.45) is -4.38. The van der Waals surface area contributed by atoms with Crippen LogP contribution >= 0.6 is 0 Å². The second-order valence-corrected chi connectivity index (χ2v) is 3.15. The molecule has 0 atom stereocenters. The predicted octanol–water partition coefficient (Wildman–Crippen LogP) is 2.11. The molecule has 0 aromatic carbocycles. The highest BCUT2D eigenvalue weighted by Gasteiger charge is 2.63. The van der Waals surface area contributed by atoms with Crippen LogP contribution in [0.1, 0.15) is 12.5 Å². The Balaban J connectivity index is 2.87. The van der Waals surface area contributed by atoms with Gasteiger partial charge < -0.3 is 5.32 Å². The first kappa shape index (κ1) is 13.4. The van der Waals surface area contributed by atoms with Crippen molar-refractivity contribution < 1.29 is 26.7 Å². The van der Waals surface area contributed by atoms with Gasteiger partial charge in [0, 0.05) is 5.56 Å². The van der Waals surface area contributed by atoms with Crippen LogP contribution in [0.4, 0.5) is 27.8 Å². The van der Waals surface area contributed by atoms with Gasteiger partial charge >= 0.3 is 18.0 Å². The van der Waals surface area contributed by atoms with Crippen molar-refractivity contribution in [1.82, 2.24) is 10.2 Å². The number of alkyl halides is 5. The summed E-state index contributed by atoms with van der Waals surface area (Å²) in [6, 6.07) is 0. The molecule has 0 fully saturated rings. The van der Waals surface area contributed by atoms with Gasteiger partial charge in [0.1, 0.15) is 5.82 Å². The zero-order valence-corrected chi connectivity index (χ0v) is 8.53. The molecule has 1 aromatic heterocycles. The zero-order valence-electron chi connectivity index (χ0n) is 8.53. The van der Waals surface area contributed by atoms with Crippen molar-refractivity contribution in [1.29, 1.82) is 0 Å². The van der Waals surface area contributed by atoms with Crippen LogP contribution in [0.2, 0.25) is 0 Å². The lowest BCUT2D eigenvalue weighted by Crippen LogP contribution is -2.47. The highest BCUT2D eigenvalue weighted by atomic mass is 19.4. The largest absolute Gasteiger partial charge is 0.463 e. The lowest BCUT2D eigenvalue weighted by Gasteiger charge is -2.18. The summed E-state index contributed by atoms with van der Waals surface area (Å²) in [5, 5.41) is 7.01. The predicted molar refractivity (Wildman–Crippen MR) is 47.6 cm³/mol. The van der Waals surface area contributed by atoms with E-state index in [1.165, 1.54) is 11.5 Å². The number of hydrogen-bond donors (Lipinski definition) is 2. The Hall–Kier alpha value is -1.67. The monoisotopic (exact) mass is 257 g/mol. The zero-order chi connectivity index (χ0) is 13.3. The van der Waals surface area contributed by atoms with Gasteiger partial charge in [-0.3, -0.25) is 9.89 Å². The Kier molecular flexibility index (Phi) is 3.39. The molecular weight excluding hydrogens is 249 g/mol. The van der Waals surface area contributed by atoms with Crippen LogP contribution in [0.3, 0.4) is 0 Å². The van der Waals surface area contributed by atoms with E-state index < -0.39 is 18.0 Å². The van der Waals surface area contributed by atoms with Gasteiger partial charge in [-0.1, -0.05) is 6.92 Å². The summed E-state index contributed by atoms with van der Waals surface area (Å²) in [5.74, 6) is -8.14. The van der Waals surface area contributed by atoms with E-state index >= 15 is 0 Å². The lowest BCUT2D eigenvalue weighted by molar-refractivity contribution is -0.267. The van der Waals surface area contributed by atoms with E-state index in [0.29, 0.717) is 12.0 Å². The fourth-order valence-corrected chi connectivity index (χ4v) is 1.01. The number of aromatic nitrogens is 2. The molecule has 0 saturated carbocycles. The number of H-pyrrole nitrogens is 1. The Morgan fingerprint density at radius 1 is 1.41 bits per heavy atom. The summed E-state index contributed by atoms with van der Waals surface area (Å²) in [6.45, 7) is 1.63. The molecule has 0 saturated heterocycles. The SMILES string of the molecule is CCc1cn[nH]c1NC(=O)C(F)(F)C(F)(F)F. The molecule has 96 valence electrons. The van der Waals surface area contributed by atoms with Crippen LogP contribution in [-0.2, 0) is 11.2 Å². The van der Waals surface area contributed by atoms with Crippen LogP contribution < -0.4 is 5.32 Å². The van der Waals surface area contributed by atoms with Gasteiger partial charge in [-0.15, -0.1) is 0 Å². The van der Waals surface area contributed by atoms with E-state index in [-0.39, 0.29) is 5.82 Å². The Bertz CT molecular complexity index is 412. The number of aromatic amines is 1. The van der Waals surface area contributed by atoms with Crippen molar-refractivity contribution in [3.8, 4) is 0 Å². The van der Waals surface area contributed by atoms with Crippen LogP contribution in [0.25, 0.3) is 0 Å². The van der Waals surface area contributed by atoms with E-state index in [2.05, 4.69) is 10.2 Å². The molecule has 0 radical (unpaired) electrons. The van der Waals surface area contributed by atoms with Crippen molar-refractivity contribution in [3.63, 3.8) is 0 Å². The van der Waals surface area contributed by atoms with Crippen LogP contribution in [-0.4, -0.2) is 28.2 Å². The Morgan fingerprint density at radius 3 is 2.47 bits per heavy atom. The molecule has 0 bridgehead atoms. The molecule has 9 heteroatoms. The van der Waals surface area contributed by atoms with E-state index in [1.54, 1.807) is 6.92 Å². The van der Waals surface area contributed by atoms with Gasteiger partial charge in [0.15, 0.2) is 0 Å². The minimum Gasteiger partial charge on any atom is -0.305 e. The number of aryl methyl sites for hydroxylation is 1. The number of carbonyl (C=O) groups is 1. The van der Waals surface area contributed by atoms with Gasteiger partial charge in [0.25, 0.3) is 0 Å². The van der Waals surface area contributed by atoms with Gasteiger partial charge in [-0.05, 0) is 6.42 Å². The number of rotatable bonds is 3. The fraction of sp³-hybridized carbons (Fsp3) is 0.500. The van der Waals surface area contributed by atoms with Gasteiger partial charge in [-0.2, -0.15) is 27.1 Å². The molecule has 1 amide bonds. The number of nitrogens with zero attached hydrogens (tertiary/aromatic N) is 1. The molecular formula is C8H8F5N3O. The number of hydrogen-bond acceptors (Lipinski definition) is 2. The number of carbonyl (C=O) groups excluding carboxylic acids is 1. The molecule has 1 aromatic rings. The van der Waals surface area contributed by atoms with E-state index in [9.17, 15) is 26.7 Å². The molecule has 1 heterocycles. The third-order valence-corrected chi connectivity index (χ3v) is 1.98. The molecule has 2 N–H and O–H groups in total. The topological polar surface area (TPSA) is 57.8 Å². The summed E-state index contributed by atoms with van der Waals surface area (Å²) >= 11 is 0. The molecule has 0 unspecified atom stereocenters. The van der Waals surface area contributed by atoms with Gasteiger partial charge in [-0.25, -0.2) is 0 Å². The van der Waals surface area contributed by atoms with Crippen molar-refractivity contribution in [3.05, 3.63) is 11.8 Å². The maximum Gasteiger partial charge on any atom is 0.463 e. The Labute approximate surface area is 92.2 Å². The summed E-state index contributed by atoms with van der Waals surface area (Å²) in [5.41, 5.74) is 0.330. The van der Waals surface area contributed by atoms with Crippen LogP contribution in [0.15, 0.2) is 6.20 Å². The summed E-state index contributed by atoms with van der Waals surface area (Å²) in [7, 11) is 0. The average molecular weight is 257 g/mol. The lowest BCUT2D eigenvalue weighted by atomic mass is 10.2. The molecule has 0 aliphatic heterocycles. The third kappa shape index (κ3) is 2.53. The number of anilines is 1. The normalized spacial score (nSPS) is 12.6. The van der Waals surface area contributed by atoms with E-state index in [1.807, 2.05) is 0 Å². The third-order valence-electron chi connectivity index (χ3n) is 1.98. The smallest absolute Gasteiger partial charge is 0.305 e. The maximum atomic E-state index is 12.6. The molecule has 0 aliphatic carbocycles. The number of halogens is 5. The van der Waals surface area contributed by atoms with E-state index in [0.717, 1.165) is 0 Å². The first-order valence-corrected chi connectivity index (χ1v) is 4.48. The maximum absolute atomic E-state index is 12.6. The standard InChI is InChI=1S/C8H8F5N3O/c1-2-4-3-14-16-5(4)15-6(17)7(9,10)8(11,12)13/h3H,2H2,1H3,(H2,14,15,16,17). The number of nitrogens with one attached hydrogen (secondary N) is 2. The molecule has 4 nitrogen and oxygen atoms in total. The first-order chi connectivity index (χ1) is 7.70. The van der Waals surface area contributed by atoms with E-state index in [4.69, 9.17) is 0 Å². The second-order valence-electron chi connectivity index (χ2n) is 3.15. The summed E-state index contributed by atoms with van der Waals surface area (Å²) in [4.78, 5) is 10.8. The van der Waals surface area contributed by atoms with Crippen molar-refractivity contribution in [2.75, 3.05) is 5.32 Å². The average Bonchev–Trinajstić information content (AvgIpc) is 2.63. The second kappa shape index (κ2) is 4.30. The van der Waals surface area contributed by atoms with Crippen LogP contribution in [0, 0.1) is 0 Å². The molecule has 1 rings (SSSR count). The Morgan fingerprint density at radius 2 is 2.00 bits per heavy atom. The van der Waals surface area contributed by atoms with Crippen molar-refractivity contribution in [2.45, 2.75) is 25.4 Å². The molecule has 17 heavy (non-hydrogen) atoms. The highest BCUT2D eigenvalue weighted by molar-refractivity contribution is 5.96. The van der Waals surface area contributed by atoms with Crippen LogP contribution in [0.5, 0.6) is 0 Å². The number of amides is 1. The fourth-order valence-electron chi connectivity index (χ4n) is 1.01. The summed E-state index contributed by atoms with van der Waals surface area (Å²) < 4.78 is 60.7. The minimum absolute atomic E-state index is 0.263. The molecule has 0 aliphatic rings. The van der Waals surface area contributed by atoms with Gasteiger partial charge in [0.2, 0.25) is 0 Å². The van der Waals surface area contributed by atoms with Gasteiger partial charge in [0.05, 0.1) is 6.20 Å². The molecule has 0 spiro atoms. The van der Waals surface area contributed by atoms with Crippen molar-refractivity contribution >= 4 is 11.7 Å². The van der Waals surface area contributed by atoms with Crippen molar-refractivity contribution in [2.24, 2.45) is 0 Å².